The third-order valence-corrected chi connectivity index (χ3v) is 19.2. The maximum absolute atomic E-state index is 17.5. The summed E-state index contributed by atoms with van der Waals surface area (Å²) in [6.45, 7) is 5.05. The molecule has 12 rings (SSSR count). The van der Waals surface area contributed by atoms with E-state index in [4.69, 9.17) is 30.9 Å². The molecule has 4 unspecified atom stereocenters. The highest BCUT2D eigenvalue weighted by Crippen LogP contribution is 2.56. The standard InChI is InChI=1S/C61H68F7N11O6/c1-32-25-50(38-28-44-46(30-40(38)62)73-54(71-44)48-13-7-19-77(48)56(80)52(84-58(69)82)33-9-3-4-10-33)79(37-26-42(64)51(43(65)27-37)76-23-21-75(22-24-76)36-17-15-35(16-18-36)61(66,67)68)60(32,2)39-29-45-47(31-41(39)63)74-55(72-45)49-14-8-20-78(49)57(81)53(85-59(70)83)34-11-5-6-12-34/h15-18,26-34,48-50,52-53H,3-14,19-25H2,1-2H3,(H2,69,82)(H2,70,83)(H,71,73)(H,72,74)/t32?,48?,49?,50?,52-,53-,60+/m0/s1. The molecule has 6 aromatic rings. The predicted octanol–water partition coefficient (Wildman–Crippen LogP) is 11.5. The van der Waals surface area contributed by atoms with Crippen LogP contribution in [0.2, 0.25) is 0 Å². The van der Waals surface area contributed by atoms with Crippen molar-refractivity contribution in [3.63, 3.8) is 0 Å². The molecule has 7 atom stereocenters. The number of benzene rings is 4. The Hall–Kier alpha value is -7.79. The van der Waals surface area contributed by atoms with Crippen LogP contribution < -0.4 is 26.2 Å². The third-order valence-electron chi connectivity index (χ3n) is 19.2. The van der Waals surface area contributed by atoms with Crippen LogP contribution in [0.25, 0.3) is 22.1 Å². The van der Waals surface area contributed by atoms with Crippen molar-refractivity contribution in [2.75, 3.05) is 54.0 Å². The number of primary amides is 2. The molecule has 4 aromatic carbocycles. The monoisotopic (exact) mass is 1180 g/mol. The number of halogens is 7. The van der Waals surface area contributed by atoms with Crippen LogP contribution in [-0.4, -0.2) is 105 Å². The van der Waals surface area contributed by atoms with Crippen molar-refractivity contribution in [3.05, 3.63) is 112 Å². The molecule has 4 saturated heterocycles. The number of nitrogens with zero attached hydrogens (tertiary/aromatic N) is 7. The molecule has 2 saturated carbocycles. The zero-order valence-electron chi connectivity index (χ0n) is 47.2. The Labute approximate surface area is 485 Å². The number of hydrogen-bond acceptors (Lipinski definition) is 11. The molecule has 0 spiro atoms. The molecule has 4 amide bonds. The van der Waals surface area contributed by atoms with E-state index < -0.39 is 89.0 Å². The number of amides is 4. The molecule has 24 heteroatoms. The number of carbonyl (C=O) groups excluding carboxylic acids is 4. The van der Waals surface area contributed by atoms with E-state index in [-0.39, 0.29) is 89.8 Å². The van der Waals surface area contributed by atoms with Crippen molar-refractivity contribution in [3.8, 4) is 0 Å². The molecule has 6 heterocycles. The van der Waals surface area contributed by atoms with Crippen molar-refractivity contribution in [2.45, 2.75) is 139 Å². The number of anilines is 3. The van der Waals surface area contributed by atoms with Crippen molar-refractivity contribution < 1.29 is 59.4 Å². The van der Waals surface area contributed by atoms with E-state index in [9.17, 15) is 32.3 Å². The highest BCUT2D eigenvalue weighted by atomic mass is 19.4. The number of carbonyl (C=O) groups is 4. The van der Waals surface area contributed by atoms with Crippen molar-refractivity contribution in [1.82, 2.24) is 29.7 Å². The number of likely N-dealkylation sites (tertiary alicyclic amines) is 2. The number of aromatic amines is 2. The van der Waals surface area contributed by atoms with Gasteiger partial charge in [-0.15, -0.1) is 0 Å². The first-order valence-corrected chi connectivity index (χ1v) is 29.5. The van der Waals surface area contributed by atoms with Gasteiger partial charge in [-0.3, -0.25) is 9.59 Å². The molecular weight excluding hydrogens is 1120 g/mol. The molecule has 452 valence electrons. The number of aromatic nitrogens is 4. The van der Waals surface area contributed by atoms with Gasteiger partial charge in [0.1, 0.15) is 29.0 Å². The summed E-state index contributed by atoms with van der Waals surface area (Å²) in [5, 5.41) is 0. The highest BCUT2D eigenvalue weighted by molar-refractivity contribution is 5.86. The molecule has 2 aromatic heterocycles. The van der Waals surface area contributed by atoms with Gasteiger partial charge in [0.25, 0.3) is 11.8 Å². The molecule has 6 fully saturated rings. The summed E-state index contributed by atoms with van der Waals surface area (Å²) in [6.07, 6.45) is 0.0590. The molecule has 2 aliphatic carbocycles. The molecule has 6 aliphatic rings. The summed E-state index contributed by atoms with van der Waals surface area (Å²) in [7, 11) is 0. The Bertz CT molecular complexity index is 3520. The summed E-state index contributed by atoms with van der Waals surface area (Å²) in [6, 6.07) is 10.6. The predicted molar refractivity (Wildman–Crippen MR) is 301 cm³/mol. The number of fused-ring (bicyclic) bond motifs is 2. The van der Waals surface area contributed by atoms with Crippen LogP contribution in [-0.2, 0) is 30.8 Å². The van der Waals surface area contributed by atoms with Crippen LogP contribution in [0.4, 0.5) is 57.4 Å². The maximum atomic E-state index is 17.5. The van der Waals surface area contributed by atoms with Crippen LogP contribution in [0.3, 0.4) is 0 Å². The van der Waals surface area contributed by atoms with E-state index in [0.717, 1.165) is 37.8 Å². The third kappa shape index (κ3) is 10.7. The van der Waals surface area contributed by atoms with Crippen molar-refractivity contribution >= 4 is 63.1 Å². The Morgan fingerprint density at radius 3 is 1.58 bits per heavy atom. The SMILES string of the molecule is CC1CC(c2cc3[nH]c(C4CCCN4C(=O)[C@@H](OC(N)=O)C4CCCC4)nc3cc2F)N(c2cc(F)c(N3CCN(c4ccc(C(F)(F)F)cc4)CC3)c(F)c2)[C@@]1(C)c1cc2[nH]c(C3CCCN3C(=O)[C@@H](OC(N)=O)C3CCCC3)nc2cc1F. The van der Waals surface area contributed by atoms with Crippen molar-refractivity contribution in [2.24, 2.45) is 29.2 Å². The Morgan fingerprint density at radius 1 is 0.600 bits per heavy atom. The highest BCUT2D eigenvalue weighted by Gasteiger charge is 2.53. The van der Waals surface area contributed by atoms with E-state index in [1.165, 1.54) is 41.3 Å². The maximum Gasteiger partial charge on any atom is 0.416 e. The Morgan fingerprint density at radius 2 is 1.08 bits per heavy atom. The minimum Gasteiger partial charge on any atom is -0.436 e. The first kappa shape index (κ1) is 57.6. The number of hydrogen-bond donors (Lipinski definition) is 4. The lowest BCUT2D eigenvalue weighted by Gasteiger charge is -2.43. The molecule has 4 aliphatic heterocycles. The van der Waals surface area contributed by atoms with E-state index in [1.54, 1.807) is 33.8 Å². The van der Waals surface area contributed by atoms with Crippen molar-refractivity contribution in [1.29, 1.82) is 0 Å². The number of nitrogens with two attached hydrogens (primary N) is 2. The summed E-state index contributed by atoms with van der Waals surface area (Å²) in [5.41, 5.74) is 10.4. The quantitative estimate of drug-likeness (QED) is 0.0799. The minimum atomic E-state index is -4.51. The van der Waals surface area contributed by atoms with E-state index in [0.29, 0.717) is 92.8 Å². The van der Waals surface area contributed by atoms with Gasteiger partial charge in [-0.1, -0.05) is 32.6 Å². The van der Waals surface area contributed by atoms with Gasteiger partial charge >= 0.3 is 18.4 Å². The number of H-pyrrole nitrogens is 2. The largest absolute Gasteiger partial charge is 0.436 e. The zero-order chi connectivity index (χ0) is 59.8. The number of rotatable bonds is 13. The number of nitrogens with one attached hydrogen (secondary N) is 2. The lowest BCUT2D eigenvalue weighted by molar-refractivity contribution is -0.144. The number of piperazine rings is 1. The molecule has 85 heavy (non-hydrogen) atoms. The van der Waals surface area contributed by atoms with E-state index in [1.807, 2.05) is 11.8 Å². The van der Waals surface area contributed by atoms with Crippen LogP contribution in [0, 0.1) is 41.0 Å². The van der Waals surface area contributed by atoms with Crippen LogP contribution in [0.15, 0.2) is 60.7 Å². The molecule has 0 radical (unpaired) electrons. The lowest BCUT2D eigenvalue weighted by Crippen LogP contribution is -2.47. The fourth-order valence-corrected chi connectivity index (χ4v) is 14.9. The normalized spacial score (nSPS) is 24.1. The Kier molecular flexibility index (Phi) is 15.3. The summed E-state index contributed by atoms with van der Waals surface area (Å²) in [5.74, 6) is -4.20. The molecule has 6 N–H and O–H groups in total. The first-order chi connectivity index (χ1) is 40.7. The second-order valence-electron chi connectivity index (χ2n) is 24.1. The van der Waals surface area contributed by atoms with Gasteiger partial charge in [0.2, 0.25) is 0 Å². The van der Waals surface area contributed by atoms with E-state index >= 15 is 17.6 Å². The number of ether oxygens (including phenoxy) is 2. The smallest absolute Gasteiger partial charge is 0.416 e. The van der Waals surface area contributed by atoms with Crippen LogP contribution >= 0.6 is 0 Å². The fraction of sp³-hybridized carbons (Fsp3) is 0.508. The van der Waals surface area contributed by atoms with Gasteiger partial charge < -0.3 is 55.4 Å². The zero-order valence-corrected chi connectivity index (χ0v) is 47.2. The molecular formula is C61H68F7N11O6. The topological polar surface area (TPSA) is 212 Å². The summed E-state index contributed by atoms with van der Waals surface area (Å²) in [4.78, 5) is 77.1. The lowest BCUT2D eigenvalue weighted by atomic mass is 9.80. The fourth-order valence-electron chi connectivity index (χ4n) is 14.9. The van der Waals surface area contributed by atoms with Gasteiger partial charge in [-0.05, 0) is 119 Å². The number of alkyl halides is 3. The second-order valence-corrected chi connectivity index (χ2v) is 24.1. The first-order valence-electron chi connectivity index (χ1n) is 29.5. The molecule has 0 bridgehead atoms. The minimum absolute atomic E-state index is 0.0150. The summed E-state index contributed by atoms with van der Waals surface area (Å²) < 4.78 is 120. The average molecular weight is 1180 g/mol. The molecule has 17 nitrogen and oxygen atoms in total. The van der Waals surface area contributed by atoms with Crippen LogP contribution in [0.5, 0.6) is 0 Å². The average Bonchev–Trinajstić information content (AvgIpc) is 1.69. The number of imidazole rings is 2. The van der Waals surface area contributed by atoms with Gasteiger partial charge in [0, 0.05) is 85.7 Å². The second kappa shape index (κ2) is 22.6. The van der Waals surface area contributed by atoms with Crippen LogP contribution in [0.1, 0.15) is 144 Å². The van der Waals surface area contributed by atoms with Gasteiger partial charge in [0.15, 0.2) is 23.8 Å². The Balaban J connectivity index is 0.896. The van der Waals surface area contributed by atoms with Gasteiger partial charge in [-0.2, -0.15) is 13.2 Å². The van der Waals surface area contributed by atoms with E-state index in [2.05, 4.69) is 9.97 Å². The van der Waals surface area contributed by atoms with Gasteiger partial charge in [0.05, 0.1) is 51.3 Å². The van der Waals surface area contributed by atoms with Gasteiger partial charge in [-0.25, -0.2) is 37.1 Å². The summed E-state index contributed by atoms with van der Waals surface area (Å²) >= 11 is 0.